The highest BCUT2D eigenvalue weighted by Crippen LogP contribution is 2.42. The Morgan fingerprint density at radius 3 is 3.00 bits per heavy atom. The van der Waals surface area contributed by atoms with E-state index in [-0.39, 0.29) is 12.0 Å². The molecule has 7 heteroatoms. The van der Waals surface area contributed by atoms with E-state index in [1.54, 1.807) is 16.8 Å². The fourth-order valence-corrected chi connectivity index (χ4v) is 4.39. The first kappa shape index (κ1) is 14.3. The molecule has 1 aliphatic heterocycles. The highest BCUT2D eigenvalue weighted by Gasteiger charge is 2.34. The number of ether oxygens (including phenoxy) is 1. The van der Waals surface area contributed by atoms with Crippen molar-refractivity contribution in [2.24, 2.45) is 0 Å². The Morgan fingerprint density at radius 1 is 1.41 bits per heavy atom. The van der Waals surface area contributed by atoms with Crippen LogP contribution in [0.2, 0.25) is 0 Å². The number of nitrogens with zero attached hydrogens (tertiary/aromatic N) is 3. The van der Waals surface area contributed by atoms with Crippen molar-refractivity contribution >= 4 is 28.6 Å². The van der Waals surface area contributed by atoms with Crippen LogP contribution in [0.4, 0.5) is 0 Å². The Morgan fingerprint density at radius 2 is 2.27 bits per heavy atom. The summed E-state index contributed by atoms with van der Waals surface area (Å²) < 4.78 is 5.81. The lowest BCUT2D eigenvalue weighted by molar-refractivity contribution is -0.0228. The van der Waals surface area contributed by atoms with Crippen molar-refractivity contribution < 1.29 is 9.53 Å². The molecule has 3 heterocycles. The molecule has 1 saturated heterocycles. The number of amides is 1. The van der Waals surface area contributed by atoms with Crippen LogP contribution in [0.15, 0.2) is 10.9 Å². The van der Waals surface area contributed by atoms with Crippen LogP contribution in [0.25, 0.3) is 0 Å². The Labute approximate surface area is 137 Å². The summed E-state index contributed by atoms with van der Waals surface area (Å²) in [6.07, 6.45) is 2.22. The first-order chi connectivity index (χ1) is 10.7. The van der Waals surface area contributed by atoms with Gasteiger partial charge < -0.3 is 9.64 Å². The third kappa shape index (κ3) is 2.68. The molecule has 2 aliphatic rings. The van der Waals surface area contributed by atoms with Crippen molar-refractivity contribution in [1.82, 2.24) is 14.9 Å². The van der Waals surface area contributed by atoms with Gasteiger partial charge in [0.05, 0.1) is 24.4 Å². The quantitative estimate of drug-likeness (QED) is 0.865. The van der Waals surface area contributed by atoms with Gasteiger partial charge in [-0.3, -0.25) is 4.79 Å². The van der Waals surface area contributed by atoms with Crippen LogP contribution in [0, 0.1) is 6.92 Å². The maximum Gasteiger partial charge on any atom is 0.266 e. The van der Waals surface area contributed by atoms with Crippen molar-refractivity contribution in [1.29, 1.82) is 0 Å². The standard InChI is InChI=1S/C15H17N3O2S2/c1-9-7-21-14(17-9)11-6-18(4-5-20-11)15(19)13-12(10-2-3-10)16-8-22-13/h7-8,10-11H,2-6H2,1H3. The molecule has 1 saturated carbocycles. The number of aromatic nitrogens is 2. The van der Waals surface area contributed by atoms with Crippen LogP contribution in [0.1, 0.15) is 50.9 Å². The van der Waals surface area contributed by atoms with Crippen LogP contribution in [0.3, 0.4) is 0 Å². The third-order valence-corrected chi connectivity index (χ3v) is 5.90. The van der Waals surface area contributed by atoms with Gasteiger partial charge in [0, 0.05) is 23.5 Å². The van der Waals surface area contributed by atoms with Crippen LogP contribution in [0.5, 0.6) is 0 Å². The molecule has 0 radical (unpaired) electrons. The van der Waals surface area contributed by atoms with Crippen molar-refractivity contribution in [3.63, 3.8) is 0 Å². The largest absolute Gasteiger partial charge is 0.367 e. The number of carbonyl (C=O) groups is 1. The van der Waals surface area contributed by atoms with Gasteiger partial charge in [0.2, 0.25) is 0 Å². The summed E-state index contributed by atoms with van der Waals surface area (Å²) in [5, 5.41) is 2.98. The number of aryl methyl sites for hydroxylation is 1. The minimum atomic E-state index is -0.103. The molecule has 0 bridgehead atoms. The van der Waals surface area contributed by atoms with E-state index < -0.39 is 0 Å². The molecule has 1 unspecified atom stereocenters. The molecule has 1 amide bonds. The predicted molar refractivity (Wildman–Crippen MR) is 85.5 cm³/mol. The monoisotopic (exact) mass is 335 g/mol. The normalized spacial score (nSPS) is 22.0. The Hall–Kier alpha value is -1.31. The molecule has 1 atom stereocenters. The molecule has 5 nitrogen and oxygen atoms in total. The molecule has 22 heavy (non-hydrogen) atoms. The molecule has 4 rings (SSSR count). The molecule has 2 fully saturated rings. The van der Waals surface area contributed by atoms with E-state index in [1.165, 1.54) is 11.3 Å². The summed E-state index contributed by atoms with van der Waals surface area (Å²) in [7, 11) is 0. The zero-order chi connectivity index (χ0) is 15.1. The van der Waals surface area contributed by atoms with E-state index in [4.69, 9.17) is 4.74 Å². The van der Waals surface area contributed by atoms with Gasteiger partial charge in [0.15, 0.2) is 0 Å². The second kappa shape index (κ2) is 5.72. The third-order valence-electron chi connectivity index (χ3n) is 4.02. The Bertz CT molecular complexity index is 693. The van der Waals surface area contributed by atoms with Crippen molar-refractivity contribution in [2.45, 2.75) is 31.8 Å². The highest BCUT2D eigenvalue weighted by atomic mass is 32.1. The van der Waals surface area contributed by atoms with E-state index in [9.17, 15) is 4.79 Å². The fraction of sp³-hybridized carbons (Fsp3) is 0.533. The number of hydrogen-bond donors (Lipinski definition) is 0. The predicted octanol–water partition coefficient (Wildman–Crippen LogP) is 3.00. The highest BCUT2D eigenvalue weighted by molar-refractivity contribution is 7.12. The molecular formula is C15H17N3O2S2. The molecule has 0 aromatic carbocycles. The summed E-state index contributed by atoms with van der Waals surface area (Å²) in [6, 6.07) is 0. The second-order valence-corrected chi connectivity index (χ2v) is 7.52. The average molecular weight is 335 g/mol. The summed E-state index contributed by atoms with van der Waals surface area (Å²) >= 11 is 3.07. The summed E-state index contributed by atoms with van der Waals surface area (Å²) in [4.78, 5) is 24.4. The number of carbonyl (C=O) groups excluding carboxylic acids is 1. The van der Waals surface area contributed by atoms with E-state index in [0.29, 0.717) is 25.6 Å². The average Bonchev–Trinajstić information content (AvgIpc) is 3.10. The minimum absolute atomic E-state index is 0.103. The fourth-order valence-electron chi connectivity index (χ4n) is 2.71. The molecule has 0 spiro atoms. The van der Waals surface area contributed by atoms with Crippen LogP contribution < -0.4 is 0 Å². The SMILES string of the molecule is Cc1csc(C2CN(C(=O)c3scnc3C3CC3)CCO2)n1. The van der Waals surface area contributed by atoms with Gasteiger partial charge in [-0.1, -0.05) is 0 Å². The first-order valence-corrected chi connectivity index (χ1v) is 9.24. The van der Waals surface area contributed by atoms with Crippen molar-refractivity contribution in [3.05, 3.63) is 32.2 Å². The lowest BCUT2D eigenvalue weighted by atomic mass is 10.2. The molecule has 116 valence electrons. The number of morpholine rings is 1. The topological polar surface area (TPSA) is 55.3 Å². The summed E-state index contributed by atoms with van der Waals surface area (Å²) in [5.74, 6) is 0.606. The Balaban J connectivity index is 1.52. The van der Waals surface area contributed by atoms with Crippen LogP contribution in [-0.2, 0) is 4.74 Å². The van der Waals surface area contributed by atoms with E-state index in [0.717, 1.165) is 34.1 Å². The Kier molecular flexibility index (Phi) is 3.71. The van der Waals surface area contributed by atoms with Gasteiger partial charge in [-0.05, 0) is 19.8 Å². The van der Waals surface area contributed by atoms with Crippen LogP contribution >= 0.6 is 22.7 Å². The zero-order valence-electron chi connectivity index (χ0n) is 12.3. The first-order valence-electron chi connectivity index (χ1n) is 7.48. The zero-order valence-corrected chi connectivity index (χ0v) is 14.0. The smallest absolute Gasteiger partial charge is 0.266 e. The number of hydrogen-bond acceptors (Lipinski definition) is 6. The van der Waals surface area contributed by atoms with Gasteiger partial charge in [0.25, 0.3) is 5.91 Å². The maximum absolute atomic E-state index is 12.8. The van der Waals surface area contributed by atoms with Gasteiger partial charge in [-0.15, -0.1) is 22.7 Å². The minimum Gasteiger partial charge on any atom is -0.367 e. The van der Waals surface area contributed by atoms with Crippen LogP contribution in [-0.4, -0.2) is 40.5 Å². The number of rotatable bonds is 3. The summed E-state index contributed by atoms with van der Waals surface area (Å²) in [5.41, 5.74) is 3.80. The maximum atomic E-state index is 12.8. The van der Waals surface area contributed by atoms with Gasteiger partial charge in [-0.25, -0.2) is 9.97 Å². The number of thiazole rings is 2. The second-order valence-electron chi connectivity index (χ2n) is 5.78. The van der Waals surface area contributed by atoms with E-state index in [2.05, 4.69) is 9.97 Å². The molecular weight excluding hydrogens is 318 g/mol. The summed E-state index contributed by atoms with van der Waals surface area (Å²) in [6.45, 7) is 3.76. The molecule has 0 N–H and O–H groups in total. The van der Waals surface area contributed by atoms with E-state index >= 15 is 0 Å². The molecule has 2 aromatic heterocycles. The van der Waals surface area contributed by atoms with Crippen molar-refractivity contribution in [2.75, 3.05) is 19.7 Å². The van der Waals surface area contributed by atoms with Crippen molar-refractivity contribution in [3.8, 4) is 0 Å². The van der Waals surface area contributed by atoms with E-state index in [1.807, 2.05) is 17.2 Å². The molecule has 2 aromatic rings. The van der Waals surface area contributed by atoms with Gasteiger partial charge >= 0.3 is 0 Å². The molecule has 1 aliphatic carbocycles. The van der Waals surface area contributed by atoms with Gasteiger partial charge in [0.1, 0.15) is 16.0 Å². The van der Waals surface area contributed by atoms with Gasteiger partial charge in [-0.2, -0.15) is 0 Å². The lowest BCUT2D eigenvalue weighted by Crippen LogP contribution is -2.42. The lowest BCUT2D eigenvalue weighted by Gasteiger charge is -2.31.